The molecule has 7 aromatic carbocycles. The fourth-order valence-corrected chi connectivity index (χ4v) is 7.75. The van der Waals surface area contributed by atoms with Crippen LogP contribution in [0.25, 0.3) is 55.2 Å². The van der Waals surface area contributed by atoms with Gasteiger partial charge in [-0.25, -0.2) is 4.98 Å². The Balaban J connectivity index is 1.35. The van der Waals surface area contributed by atoms with E-state index < -0.39 is 5.41 Å². The van der Waals surface area contributed by atoms with Gasteiger partial charge in [-0.05, 0) is 62.7 Å². The van der Waals surface area contributed by atoms with E-state index in [0.717, 1.165) is 38.7 Å². The number of fused-ring (bicyclic) bond motifs is 7. The summed E-state index contributed by atoms with van der Waals surface area (Å²) in [7, 11) is 0. The van der Waals surface area contributed by atoms with Gasteiger partial charge in [0, 0.05) is 21.7 Å². The summed E-state index contributed by atoms with van der Waals surface area (Å²) in [6.45, 7) is 0. The van der Waals surface area contributed by atoms with Crippen molar-refractivity contribution in [2.75, 3.05) is 0 Å². The van der Waals surface area contributed by atoms with Gasteiger partial charge in [-0.3, -0.25) is 0 Å². The van der Waals surface area contributed by atoms with Crippen LogP contribution in [0, 0.1) is 11.3 Å². The molecule has 0 N–H and O–H groups in total. The summed E-state index contributed by atoms with van der Waals surface area (Å²) in [5, 5.41) is 12.8. The van der Waals surface area contributed by atoms with E-state index in [1.54, 1.807) is 0 Å². The van der Waals surface area contributed by atoms with Crippen LogP contribution in [0.4, 0.5) is 0 Å². The Morgan fingerprint density at radius 3 is 1.72 bits per heavy atom. The molecule has 2 nitrogen and oxygen atoms in total. The summed E-state index contributed by atoms with van der Waals surface area (Å²) < 4.78 is 0. The topological polar surface area (TPSA) is 36.7 Å². The fraction of sp³-hybridized carbons (Fsp3) is 0.0222. The van der Waals surface area contributed by atoms with Crippen LogP contribution in [0.2, 0.25) is 0 Å². The lowest BCUT2D eigenvalue weighted by molar-refractivity contribution is 0.769. The molecule has 0 unspecified atom stereocenters. The van der Waals surface area contributed by atoms with Crippen LogP contribution in [0.5, 0.6) is 0 Å². The average Bonchev–Trinajstić information content (AvgIpc) is 3.46. The fourth-order valence-electron chi connectivity index (χ4n) is 7.75. The predicted octanol–water partition coefficient (Wildman–Crippen LogP) is 11.0. The van der Waals surface area contributed by atoms with E-state index >= 15 is 0 Å². The second kappa shape index (κ2) is 10.7. The van der Waals surface area contributed by atoms with Gasteiger partial charge in [0.25, 0.3) is 0 Å². The van der Waals surface area contributed by atoms with Gasteiger partial charge in [-0.15, -0.1) is 0 Å². The maximum atomic E-state index is 9.22. The molecule has 1 heterocycles. The zero-order chi connectivity index (χ0) is 31.4. The normalized spacial score (nSPS) is 12.8. The van der Waals surface area contributed by atoms with Gasteiger partial charge in [0.05, 0.1) is 28.3 Å². The Hall–Kier alpha value is -6.30. The molecule has 0 fully saturated rings. The Morgan fingerprint density at radius 1 is 0.468 bits per heavy atom. The number of nitrogens with zero attached hydrogens (tertiary/aromatic N) is 2. The molecule has 0 amide bonds. The molecule has 0 saturated heterocycles. The first-order valence-corrected chi connectivity index (χ1v) is 16.0. The van der Waals surface area contributed by atoms with Crippen molar-refractivity contribution < 1.29 is 0 Å². The van der Waals surface area contributed by atoms with E-state index in [2.05, 4.69) is 152 Å². The quantitative estimate of drug-likeness (QED) is 0.190. The zero-order valence-corrected chi connectivity index (χ0v) is 25.6. The highest BCUT2D eigenvalue weighted by Crippen LogP contribution is 2.58. The molecule has 1 aliphatic carbocycles. The van der Waals surface area contributed by atoms with Crippen LogP contribution in [-0.2, 0) is 5.41 Å². The largest absolute Gasteiger partial charge is 0.247 e. The third-order valence-electron chi connectivity index (χ3n) is 9.79. The van der Waals surface area contributed by atoms with Crippen LogP contribution in [0.3, 0.4) is 0 Å². The molecule has 0 aliphatic heterocycles. The molecular formula is C45H28N2. The third-order valence-corrected chi connectivity index (χ3v) is 9.79. The van der Waals surface area contributed by atoms with Gasteiger partial charge in [-0.1, -0.05) is 152 Å². The minimum absolute atomic E-state index is 0.462. The maximum absolute atomic E-state index is 9.22. The minimum Gasteiger partial charge on any atom is -0.247 e. The Bertz CT molecular complexity index is 2450. The smallest absolute Gasteiger partial charge is 0.0991 e. The maximum Gasteiger partial charge on any atom is 0.0991 e. The molecule has 0 saturated carbocycles. The first-order chi connectivity index (χ1) is 23.3. The second-order valence-electron chi connectivity index (χ2n) is 12.2. The van der Waals surface area contributed by atoms with Crippen molar-refractivity contribution in [2.24, 2.45) is 0 Å². The Morgan fingerprint density at radius 2 is 1.04 bits per heavy atom. The van der Waals surface area contributed by atoms with Gasteiger partial charge in [0.2, 0.25) is 0 Å². The summed E-state index contributed by atoms with van der Waals surface area (Å²) in [5.74, 6) is 0. The van der Waals surface area contributed by atoms with Crippen molar-refractivity contribution >= 4 is 21.7 Å². The lowest BCUT2D eigenvalue weighted by Crippen LogP contribution is -2.28. The molecule has 1 aliphatic rings. The summed E-state index contributed by atoms with van der Waals surface area (Å²) in [4.78, 5) is 5.30. The number of para-hydroxylation sites is 1. The second-order valence-corrected chi connectivity index (χ2v) is 12.2. The Kier molecular flexibility index (Phi) is 6.13. The van der Waals surface area contributed by atoms with Crippen molar-refractivity contribution in [3.63, 3.8) is 0 Å². The number of benzene rings is 7. The molecule has 0 radical (unpaired) electrons. The monoisotopic (exact) mass is 596 g/mol. The van der Waals surface area contributed by atoms with Crippen molar-refractivity contribution in [2.45, 2.75) is 5.41 Å². The lowest BCUT2D eigenvalue weighted by Gasteiger charge is -2.34. The predicted molar refractivity (Wildman–Crippen MR) is 192 cm³/mol. The number of rotatable bonds is 4. The van der Waals surface area contributed by atoms with Gasteiger partial charge in [-0.2, -0.15) is 5.26 Å². The van der Waals surface area contributed by atoms with Crippen LogP contribution in [0.1, 0.15) is 27.8 Å². The Labute approximate surface area is 273 Å². The first kappa shape index (κ1) is 27.0. The molecule has 0 spiro atoms. The van der Waals surface area contributed by atoms with E-state index in [0.29, 0.717) is 5.56 Å². The van der Waals surface area contributed by atoms with Crippen molar-refractivity contribution in [1.29, 1.82) is 5.26 Å². The summed E-state index contributed by atoms with van der Waals surface area (Å²) in [6.07, 6.45) is 0. The molecule has 0 bridgehead atoms. The average molecular weight is 597 g/mol. The van der Waals surface area contributed by atoms with E-state index in [1.165, 1.54) is 38.8 Å². The highest BCUT2D eigenvalue weighted by atomic mass is 14.7. The SMILES string of the molecule is N#Cc1ccc(-c2ccc(-c3nc4ccccc4c4c5c(ccc34)C(c3ccccc3)(c3ccccc3)c3ccccc3-5)cc2)cc1. The van der Waals surface area contributed by atoms with Crippen molar-refractivity contribution in [1.82, 2.24) is 4.98 Å². The van der Waals surface area contributed by atoms with Crippen LogP contribution >= 0.6 is 0 Å². The molecule has 0 atom stereocenters. The molecule has 1 aromatic heterocycles. The third kappa shape index (κ3) is 4.00. The first-order valence-electron chi connectivity index (χ1n) is 16.0. The van der Waals surface area contributed by atoms with E-state index in [1.807, 2.05) is 24.3 Å². The molecule has 2 heteroatoms. The van der Waals surface area contributed by atoms with E-state index in [-0.39, 0.29) is 0 Å². The van der Waals surface area contributed by atoms with Gasteiger partial charge in [0.1, 0.15) is 0 Å². The molecule has 9 rings (SSSR count). The van der Waals surface area contributed by atoms with Crippen molar-refractivity contribution in [3.05, 3.63) is 198 Å². The van der Waals surface area contributed by atoms with E-state index in [4.69, 9.17) is 4.98 Å². The summed E-state index contributed by atoms with van der Waals surface area (Å²) in [6, 6.07) is 62.6. The zero-order valence-electron chi connectivity index (χ0n) is 25.6. The standard InChI is InChI=1S/C45H28N2/c46-29-30-19-21-31(22-20-30)32-23-25-33(26-24-32)44-38-27-28-40-43(42(38)37-16-8-10-18-41(37)47-44)36-15-7-9-17-39(36)45(40,34-11-3-1-4-12-34)35-13-5-2-6-14-35/h1-28H. The number of pyridine rings is 1. The molecule has 8 aromatic rings. The number of hydrogen-bond acceptors (Lipinski definition) is 2. The molecular weight excluding hydrogens is 569 g/mol. The van der Waals surface area contributed by atoms with Crippen LogP contribution in [-0.4, -0.2) is 4.98 Å². The van der Waals surface area contributed by atoms with Crippen molar-refractivity contribution in [3.8, 4) is 39.6 Å². The van der Waals surface area contributed by atoms with Gasteiger partial charge in [0.15, 0.2) is 0 Å². The highest BCUT2D eigenvalue weighted by Gasteiger charge is 2.46. The molecule has 218 valence electrons. The number of hydrogen-bond donors (Lipinski definition) is 0. The van der Waals surface area contributed by atoms with E-state index in [9.17, 15) is 5.26 Å². The van der Waals surface area contributed by atoms with Gasteiger partial charge < -0.3 is 0 Å². The summed E-state index contributed by atoms with van der Waals surface area (Å²) in [5.41, 5.74) is 13.1. The number of aromatic nitrogens is 1. The lowest BCUT2D eigenvalue weighted by atomic mass is 9.67. The summed E-state index contributed by atoms with van der Waals surface area (Å²) >= 11 is 0. The molecule has 47 heavy (non-hydrogen) atoms. The van der Waals surface area contributed by atoms with Gasteiger partial charge >= 0.3 is 0 Å². The number of nitriles is 1. The van der Waals surface area contributed by atoms with Crippen LogP contribution in [0.15, 0.2) is 170 Å². The highest BCUT2D eigenvalue weighted by molar-refractivity contribution is 6.19. The minimum atomic E-state index is -0.462. The van der Waals surface area contributed by atoms with Crippen LogP contribution < -0.4 is 0 Å².